The first-order valence-electron chi connectivity index (χ1n) is 11.3. The van der Waals surface area contributed by atoms with Crippen molar-refractivity contribution >= 4 is 23.4 Å². The number of carbonyl (C=O) groups is 1. The van der Waals surface area contributed by atoms with Gasteiger partial charge in [-0.3, -0.25) is 9.36 Å². The smallest absolute Gasteiger partial charge is 0.416 e. The Morgan fingerprint density at radius 1 is 1.14 bits per heavy atom. The van der Waals surface area contributed by atoms with Crippen LogP contribution in [0, 0.1) is 0 Å². The van der Waals surface area contributed by atoms with E-state index in [-0.39, 0.29) is 16.9 Å². The highest BCUT2D eigenvalue weighted by Crippen LogP contribution is 2.31. The first kappa shape index (κ1) is 27.3. The van der Waals surface area contributed by atoms with E-state index in [1.165, 1.54) is 17.7 Å². The van der Waals surface area contributed by atoms with Gasteiger partial charge < -0.3 is 10.1 Å². The van der Waals surface area contributed by atoms with Gasteiger partial charge in [0.2, 0.25) is 5.91 Å². The van der Waals surface area contributed by atoms with E-state index in [0.717, 1.165) is 23.9 Å². The molecule has 1 heterocycles. The molecule has 192 valence electrons. The van der Waals surface area contributed by atoms with Crippen LogP contribution < -0.4 is 10.1 Å². The summed E-state index contributed by atoms with van der Waals surface area (Å²) in [6.07, 6.45) is -3.23. The average Bonchev–Trinajstić information content (AvgIpc) is 3.20. The first-order valence-corrected chi connectivity index (χ1v) is 12.3. The molecule has 0 fully saturated rings. The zero-order valence-corrected chi connectivity index (χ0v) is 21.4. The molecule has 3 aromatic rings. The molecular formula is C26H29F3N4O2S. The number of benzene rings is 2. The summed E-state index contributed by atoms with van der Waals surface area (Å²) >= 11 is 1.13. The molecule has 2 aromatic carbocycles. The van der Waals surface area contributed by atoms with Crippen LogP contribution in [0.1, 0.15) is 50.8 Å². The molecule has 0 saturated carbocycles. The van der Waals surface area contributed by atoms with Gasteiger partial charge in [0.15, 0.2) is 17.1 Å². The molecule has 1 atom stereocenters. The predicted molar refractivity (Wildman–Crippen MR) is 135 cm³/mol. The van der Waals surface area contributed by atoms with Crippen molar-refractivity contribution in [2.45, 2.75) is 57.1 Å². The zero-order chi connectivity index (χ0) is 26.5. The van der Waals surface area contributed by atoms with Gasteiger partial charge in [-0.25, -0.2) is 0 Å². The quantitative estimate of drug-likeness (QED) is 0.254. The number of ether oxygens (including phenoxy) is 1. The zero-order valence-electron chi connectivity index (χ0n) is 20.6. The molecular weight excluding hydrogens is 489 g/mol. The van der Waals surface area contributed by atoms with Crippen LogP contribution in [-0.4, -0.2) is 26.4 Å². The summed E-state index contributed by atoms with van der Waals surface area (Å²) in [6, 6.07) is 12.4. The van der Waals surface area contributed by atoms with Crippen LogP contribution in [0.4, 0.5) is 18.9 Å². The molecule has 0 aliphatic carbocycles. The number of aromatic nitrogens is 3. The Morgan fingerprint density at radius 3 is 2.44 bits per heavy atom. The fraction of sp³-hybridized carbons (Fsp3) is 0.346. The van der Waals surface area contributed by atoms with Crippen LogP contribution in [0.2, 0.25) is 0 Å². The maximum absolute atomic E-state index is 12.9. The Labute approximate surface area is 213 Å². The minimum Gasteiger partial charge on any atom is -0.483 e. The average molecular weight is 519 g/mol. The first-order chi connectivity index (χ1) is 16.9. The standard InChI is InChI=1S/C26H29F3N4O2S/c1-6-14-33-23(17(2)35-21-12-10-18(11-13-21)25(3,4)5)31-32-24(33)36-16-22(34)30-20-9-7-8-19(15-20)26(27,28)29/h6-13,15,17H,1,14,16H2,2-5H3,(H,30,34). The molecule has 0 bridgehead atoms. The molecule has 36 heavy (non-hydrogen) atoms. The molecule has 10 heteroatoms. The van der Waals surface area contributed by atoms with Crippen LogP contribution in [-0.2, 0) is 22.9 Å². The number of halogens is 3. The van der Waals surface area contributed by atoms with Crippen LogP contribution in [0.15, 0.2) is 66.3 Å². The Balaban J connectivity index is 1.66. The summed E-state index contributed by atoms with van der Waals surface area (Å²) < 4.78 is 46.6. The largest absolute Gasteiger partial charge is 0.483 e. The Morgan fingerprint density at radius 2 is 1.83 bits per heavy atom. The molecule has 6 nitrogen and oxygen atoms in total. The van der Waals surface area contributed by atoms with E-state index < -0.39 is 23.8 Å². The fourth-order valence-electron chi connectivity index (χ4n) is 3.40. The maximum Gasteiger partial charge on any atom is 0.416 e. The molecule has 0 saturated heterocycles. The van der Waals surface area contributed by atoms with E-state index in [9.17, 15) is 18.0 Å². The van der Waals surface area contributed by atoms with E-state index >= 15 is 0 Å². The minimum absolute atomic E-state index is 0.0355. The maximum atomic E-state index is 12.9. The van der Waals surface area contributed by atoms with Crippen LogP contribution in [0.5, 0.6) is 5.75 Å². The lowest BCUT2D eigenvalue weighted by molar-refractivity contribution is -0.137. The van der Waals surface area contributed by atoms with Gasteiger partial charge in [-0.15, -0.1) is 16.8 Å². The lowest BCUT2D eigenvalue weighted by atomic mass is 9.87. The Bertz CT molecular complexity index is 1200. The number of hydrogen-bond donors (Lipinski definition) is 1. The highest BCUT2D eigenvalue weighted by molar-refractivity contribution is 7.99. The number of anilines is 1. The Kier molecular flexibility index (Phi) is 8.50. The second-order valence-corrected chi connectivity index (χ2v) is 10.1. The third-order valence-corrected chi connectivity index (χ3v) is 6.23. The number of allylic oxidation sites excluding steroid dienone is 1. The molecule has 1 unspecified atom stereocenters. The van der Waals surface area contributed by atoms with E-state index in [2.05, 4.69) is 42.9 Å². The van der Waals surface area contributed by atoms with Gasteiger partial charge in [-0.05, 0) is 48.2 Å². The van der Waals surface area contributed by atoms with Gasteiger partial charge in [0, 0.05) is 12.2 Å². The van der Waals surface area contributed by atoms with Crippen molar-refractivity contribution in [1.82, 2.24) is 14.8 Å². The molecule has 3 rings (SSSR count). The van der Waals surface area contributed by atoms with Gasteiger partial charge in [0.05, 0.1) is 11.3 Å². The number of carbonyl (C=O) groups excluding carboxylic acids is 1. The van der Waals surface area contributed by atoms with Crippen LogP contribution in [0.25, 0.3) is 0 Å². The molecule has 0 aliphatic heterocycles. The highest BCUT2D eigenvalue weighted by Gasteiger charge is 2.30. The monoisotopic (exact) mass is 518 g/mol. The number of thioether (sulfide) groups is 1. The number of amides is 1. The second-order valence-electron chi connectivity index (χ2n) is 9.19. The summed E-state index contributed by atoms with van der Waals surface area (Å²) in [6.45, 7) is 12.5. The molecule has 0 spiro atoms. The topological polar surface area (TPSA) is 69.0 Å². The SMILES string of the molecule is C=CCn1c(SCC(=O)Nc2cccc(C(F)(F)F)c2)nnc1C(C)Oc1ccc(C(C)(C)C)cc1. The lowest BCUT2D eigenvalue weighted by Gasteiger charge is -2.20. The van der Waals surface area contributed by atoms with Crippen molar-refractivity contribution in [1.29, 1.82) is 0 Å². The van der Waals surface area contributed by atoms with Gasteiger partial charge in [0.25, 0.3) is 0 Å². The summed E-state index contributed by atoms with van der Waals surface area (Å²) in [7, 11) is 0. The van der Waals surface area contributed by atoms with Gasteiger partial charge >= 0.3 is 6.18 Å². The number of nitrogens with one attached hydrogen (secondary N) is 1. The van der Waals surface area contributed by atoms with Crippen molar-refractivity contribution in [2.75, 3.05) is 11.1 Å². The van der Waals surface area contributed by atoms with E-state index in [1.54, 1.807) is 10.6 Å². The third kappa shape index (κ3) is 7.13. The number of nitrogens with zero attached hydrogens (tertiary/aromatic N) is 3. The summed E-state index contributed by atoms with van der Waals surface area (Å²) in [5, 5.41) is 11.4. The molecule has 0 radical (unpaired) electrons. The Hall–Kier alpha value is -3.27. The second kappa shape index (κ2) is 11.2. The van der Waals surface area contributed by atoms with Crippen LogP contribution in [0.3, 0.4) is 0 Å². The summed E-state index contributed by atoms with van der Waals surface area (Å²) in [5.74, 6) is 0.737. The van der Waals surface area contributed by atoms with Crippen molar-refractivity contribution in [3.8, 4) is 5.75 Å². The summed E-state index contributed by atoms with van der Waals surface area (Å²) in [5.41, 5.74) is 0.473. The number of alkyl halides is 3. The van der Waals surface area contributed by atoms with Gasteiger partial charge in [0.1, 0.15) is 5.75 Å². The molecule has 0 aliphatic rings. The molecule has 1 N–H and O–H groups in total. The third-order valence-electron chi connectivity index (χ3n) is 5.26. The van der Waals surface area contributed by atoms with E-state index in [1.807, 2.05) is 31.2 Å². The summed E-state index contributed by atoms with van der Waals surface area (Å²) in [4.78, 5) is 12.4. The van der Waals surface area contributed by atoms with Crippen molar-refractivity contribution < 1.29 is 22.7 Å². The number of rotatable bonds is 9. The normalized spacial score (nSPS) is 12.8. The van der Waals surface area contributed by atoms with Crippen molar-refractivity contribution in [3.05, 3.63) is 78.1 Å². The highest BCUT2D eigenvalue weighted by atomic mass is 32.2. The van der Waals surface area contributed by atoms with Crippen molar-refractivity contribution in [3.63, 3.8) is 0 Å². The molecule has 1 aromatic heterocycles. The fourth-order valence-corrected chi connectivity index (χ4v) is 4.15. The lowest BCUT2D eigenvalue weighted by Crippen LogP contribution is -2.16. The molecule has 1 amide bonds. The van der Waals surface area contributed by atoms with Gasteiger partial charge in [-0.1, -0.05) is 56.8 Å². The van der Waals surface area contributed by atoms with Crippen LogP contribution >= 0.6 is 11.8 Å². The van der Waals surface area contributed by atoms with E-state index in [0.29, 0.717) is 23.3 Å². The van der Waals surface area contributed by atoms with E-state index in [4.69, 9.17) is 4.74 Å². The predicted octanol–water partition coefficient (Wildman–Crippen LogP) is 6.65. The van der Waals surface area contributed by atoms with Crippen molar-refractivity contribution in [2.24, 2.45) is 0 Å². The minimum atomic E-state index is -4.49. The number of hydrogen-bond acceptors (Lipinski definition) is 5. The van der Waals surface area contributed by atoms with Gasteiger partial charge in [-0.2, -0.15) is 13.2 Å².